The molecule has 110 valence electrons. The minimum Gasteiger partial charge on any atom is -1.00 e. The van der Waals surface area contributed by atoms with Crippen molar-refractivity contribution in [1.82, 2.24) is 0 Å². The van der Waals surface area contributed by atoms with Gasteiger partial charge in [-0.3, -0.25) is 0 Å². The molecular formula is C16H22INO2. The Bertz CT molecular complexity index is 562. The van der Waals surface area contributed by atoms with Gasteiger partial charge in [0.15, 0.2) is 5.71 Å². The van der Waals surface area contributed by atoms with Crippen LogP contribution in [0.1, 0.15) is 56.5 Å². The molecule has 0 saturated heterocycles. The Morgan fingerprint density at radius 3 is 2.55 bits per heavy atom. The number of nitrogens with zero attached hydrogens (tertiary/aromatic N) is 1. The van der Waals surface area contributed by atoms with Gasteiger partial charge in [0.1, 0.15) is 6.54 Å². The van der Waals surface area contributed by atoms with Crippen LogP contribution in [0.2, 0.25) is 0 Å². The van der Waals surface area contributed by atoms with Crippen LogP contribution in [0.4, 0.5) is 5.69 Å². The van der Waals surface area contributed by atoms with Gasteiger partial charge in [-0.1, -0.05) is 13.3 Å². The average Bonchev–Trinajstić information content (AvgIpc) is 2.56. The first kappa shape index (κ1) is 17.1. The fraction of sp³-hybridized carbons (Fsp3) is 0.500. The van der Waals surface area contributed by atoms with Crippen LogP contribution in [-0.2, 0) is 5.41 Å². The summed E-state index contributed by atoms with van der Waals surface area (Å²) in [6.45, 7) is 9.67. The topological polar surface area (TPSA) is 40.3 Å². The minimum absolute atomic E-state index is 0. The van der Waals surface area contributed by atoms with E-state index in [1.54, 1.807) is 6.07 Å². The number of halogens is 1. The summed E-state index contributed by atoms with van der Waals surface area (Å²) in [6, 6.07) is 5.48. The summed E-state index contributed by atoms with van der Waals surface area (Å²) in [5, 5.41) is 9.14. The van der Waals surface area contributed by atoms with E-state index in [1.807, 2.05) is 12.1 Å². The van der Waals surface area contributed by atoms with Crippen molar-refractivity contribution in [3.8, 4) is 0 Å². The molecule has 1 aromatic rings. The largest absolute Gasteiger partial charge is 1.00 e. The Kier molecular flexibility index (Phi) is 5.35. The van der Waals surface area contributed by atoms with Crippen molar-refractivity contribution < 1.29 is 38.5 Å². The third-order valence-corrected chi connectivity index (χ3v) is 4.25. The first-order chi connectivity index (χ1) is 8.89. The van der Waals surface area contributed by atoms with Gasteiger partial charge < -0.3 is 29.1 Å². The number of unbranched alkanes of at least 4 members (excludes halogenated alkanes) is 1. The van der Waals surface area contributed by atoms with Crippen LogP contribution in [0, 0.1) is 0 Å². The van der Waals surface area contributed by atoms with Gasteiger partial charge in [0, 0.05) is 25.0 Å². The molecule has 1 aliphatic heterocycles. The second kappa shape index (κ2) is 6.24. The highest BCUT2D eigenvalue weighted by Crippen LogP contribution is 2.40. The first-order valence-electron chi connectivity index (χ1n) is 6.89. The van der Waals surface area contributed by atoms with Crippen LogP contribution in [0.3, 0.4) is 0 Å². The Labute approximate surface area is 137 Å². The molecule has 0 unspecified atom stereocenters. The lowest BCUT2D eigenvalue weighted by atomic mass is 9.81. The minimum atomic E-state index is -0.858. The van der Waals surface area contributed by atoms with Crippen LogP contribution in [0.5, 0.6) is 0 Å². The van der Waals surface area contributed by atoms with Gasteiger partial charge in [-0.2, -0.15) is 4.58 Å². The summed E-state index contributed by atoms with van der Waals surface area (Å²) in [7, 11) is 0. The van der Waals surface area contributed by atoms with Crippen LogP contribution in [-0.4, -0.2) is 27.9 Å². The molecule has 1 aliphatic rings. The number of rotatable bonds is 4. The number of benzene rings is 1. The maximum Gasteiger partial charge on any atom is 0.335 e. The average molecular weight is 387 g/mol. The second-order valence-electron chi connectivity index (χ2n) is 5.75. The zero-order valence-electron chi connectivity index (χ0n) is 12.5. The van der Waals surface area contributed by atoms with Crippen molar-refractivity contribution in [1.29, 1.82) is 0 Å². The molecule has 0 spiro atoms. The standard InChI is InChI=1S/C16H21NO2.HI/c1-5-6-9-17-11(2)16(3,4)13-10-12(15(18)19)7-8-14(13)17;/h7-8,10H,5-6,9H2,1-4H3;1H. The third kappa shape index (κ3) is 2.75. The van der Waals surface area contributed by atoms with Gasteiger partial charge in [0.25, 0.3) is 0 Å². The molecule has 0 atom stereocenters. The van der Waals surface area contributed by atoms with Crippen LogP contribution >= 0.6 is 0 Å². The zero-order chi connectivity index (χ0) is 14.2. The van der Waals surface area contributed by atoms with E-state index < -0.39 is 5.97 Å². The molecule has 3 nitrogen and oxygen atoms in total. The molecule has 1 heterocycles. The molecule has 0 saturated carbocycles. The summed E-state index contributed by atoms with van der Waals surface area (Å²) in [6.07, 6.45) is 2.31. The monoisotopic (exact) mass is 387 g/mol. The summed E-state index contributed by atoms with van der Waals surface area (Å²) >= 11 is 0. The highest BCUT2D eigenvalue weighted by Gasteiger charge is 2.42. The van der Waals surface area contributed by atoms with E-state index in [1.165, 1.54) is 11.4 Å². The van der Waals surface area contributed by atoms with Gasteiger partial charge in [-0.15, -0.1) is 0 Å². The lowest BCUT2D eigenvalue weighted by Crippen LogP contribution is -3.00. The van der Waals surface area contributed by atoms with E-state index in [2.05, 4.69) is 32.3 Å². The maximum absolute atomic E-state index is 11.1. The zero-order valence-corrected chi connectivity index (χ0v) is 14.7. The van der Waals surface area contributed by atoms with Crippen LogP contribution in [0.15, 0.2) is 18.2 Å². The lowest BCUT2D eigenvalue weighted by molar-refractivity contribution is -0.439. The number of carboxylic acid groups (broad SMARTS) is 1. The van der Waals surface area contributed by atoms with E-state index in [-0.39, 0.29) is 29.4 Å². The summed E-state index contributed by atoms with van der Waals surface area (Å²) in [5.41, 5.74) is 3.88. The molecule has 0 amide bonds. The van der Waals surface area contributed by atoms with Gasteiger partial charge in [-0.25, -0.2) is 4.79 Å². The van der Waals surface area contributed by atoms with Crippen LogP contribution in [0.25, 0.3) is 0 Å². The number of aromatic carboxylic acids is 1. The molecule has 20 heavy (non-hydrogen) atoms. The molecule has 2 rings (SSSR count). The number of hydrogen-bond acceptors (Lipinski definition) is 1. The fourth-order valence-electron chi connectivity index (χ4n) is 2.72. The van der Waals surface area contributed by atoms with Gasteiger partial charge >= 0.3 is 5.97 Å². The molecule has 0 aliphatic carbocycles. The predicted molar refractivity (Wildman–Crippen MR) is 76.8 cm³/mol. The molecule has 0 bridgehead atoms. The van der Waals surface area contributed by atoms with E-state index >= 15 is 0 Å². The molecule has 0 aromatic heterocycles. The van der Waals surface area contributed by atoms with E-state index in [4.69, 9.17) is 5.11 Å². The summed E-state index contributed by atoms with van der Waals surface area (Å²) in [4.78, 5) is 11.1. The smallest absolute Gasteiger partial charge is 0.335 e. The van der Waals surface area contributed by atoms with Gasteiger partial charge in [0.2, 0.25) is 5.69 Å². The summed E-state index contributed by atoms with van der Waals surface area (Å²) < 4.78 is 2.34. The van der Waals surface area contributed by atoms with Gasteiger partial charge in [-0.05, 0) is 26.0 Å². The molecule has 1 N–H and O–H groups in total. The molecule has 0 fully saturated rings. The first-order valence-corrected chi connectivity index (χ1v) is 6.89. The maximum atomic E-state index is 11.1. The normalized spacial score (nSPS) is 15.8. The van der Waals surface area contributed by atoms with Crippen molar-refractivity contribution in [2.45, 2.75) is 46.0 Å². The Morgan fingerprint density at radius 1 is 1.35 bits per heavy atom. The molecular weight excluding hydrogens is 365 g/mol. The summed E-state index contributed by atoms with van der Waals surface area (Å²) in [5.74, 6) is -0.858. The quantitative estimate of drug-likeness (QED) is 0.607. The van der Waals surface area contributed by atoms with Crippen molar-refractivity contribution in [3.63, 3.8) is 0 Å². The number of hydrogen-bond donors (Lipinski definition) is 1. The third-order valence-electron chi connectivity index (χ3n) is 4.25. The van der Waals surface area contributed by atoms with E-state index in [0.717, 1.165) is 24.9 Å². The van der Waals surface area contributed by atoms with Crippen molar-refractivity contribution in [3.05, 3.63) is 29.3 Å². The van der Waals surface area contributed by atoms with E-state index in [0.29, 0.717) is 5.56 Å². The van der Waals surface area contributed by atoms with Crippen molar-refractivity contribution in [2.24, 2.45) is 0 Å². The fourth-order valence-corrected chi connectivity index (χ4v) is 2.72. The van der Waals surface area contributed by atoms with Crippen molar-refractivity contribution >= 4 is 17.4 Å². The second-order valence-corrected chi connectivity index (χ2v) is 5.75. The van der Waals surface area contributed by atoms with Crippen molar-refractivity contribution in [2.75, 3.05) is 6.54 Å². The SMILES string of the molecule is CCCC[N+]1=C(C)C(C)(C)c2cc(C(=O)O)ccc21.[I-]. The molecule has 4 heteroatoms. The molecule has 1 aromatic carbocycles. The Hall–Kier alpha value is -0.910. The lowest BCUT2D eigenvalue weighted by Gasteiger charge is -2.15. The van der Waals surface area contributed by atoms with E-state index in [9.17, 15) is 4.79 Å². The highest BCUT2D eigenvalue weighted by molar-refractivity contribution is 5.95. The number of carbonyl (C=O) groups is 1. The highest BCUT2D eigenvalue weighted by atomic mass is 127. The number of fused-ring (bicyclic) bond motifs is 1. The molecule has 0 radical (unpaired) electrons. The van der Waals surface area contributed by atoms with Crippen LogP contribution < -0.4 is 24.0 Å². The predicted octanol–water partition coefficient (Wildman–Crippen LogP) is 0.585. The Balaban J connectivity index is 0.00000200. The van der Waals surface area contributed by atoms with Gasteiger partial charge in [0.05, 0.1) is 11.0 Å². The number of carboxylic acids is 1. The Morgan fingerprint density at radius 2 is 2.00 bits per heavy atom.